The SMILES string of the molecule is CCCCCCCCCCCCOc1ccc(N=Nc2ccc3c(c2)C(=O)c2ccccc2C3=O)cc1. The second-order valence-electron chi connectivity index (χ2n) is 9.66. The average Bonchev–Trinajstić information content (AvgIpc) is 2.94. The number of fused-ring (bicyclic) bond motifs is 2. The van der Waals surface area contributed by atoms with E-state index in [0.29, 0.717) is 33.6 Å². The first-order valence-electron chi connectivity index (χ1n) is 13.6. The predicted molar refractivity (Wildman–Crippen MR) is 148 cm³/mol. The number of ketones is 2. The van der Waals surface area contributed by atoms with Crippen LogP contribution in [-0.4, -0.2) is 18.2 Å². The summed E-state index contributed by atoms with van der Waals surface area (Å²) in [6.45, 7) is 2.98. The van der Waals surface area contributed by atoms with E-state index in [0.717, 1.165) is 18.8 Å². The van der Waals surface area contributed by atoms with Gasteiger partial charge in [0.15, 0.2) is 11.6 Å². The van der Waals surface area contributed by atoms with E-state index in [9.17, 15) is 9.59 Å². The number of carbonyl (C=O) groups is 2. The van der Waals surface area contributed by atoms with Gasteiger partial charge in [0.25, 0.3) is 0 Å². The summed E-state index contributed by atoms with van der Waals surface area (Å²) in [7, 11) is 0. The molecule has 192 valence electrons. The van der Waals surface area contributed by atoms with E-state index in [1.54, 1.807) is 42.5 Å². The first-order chi connectivity index (χ1) is 18.2. The van der Waals surface area contributed by atoms with E-state index in [1.807, 2.05) is 24.3 Å². The minimum Gasteiger partial charge on any atom is -0.494 e. The van der Waals surface area contributed by atoms with E-state index in [4.69, 9.17) is 4.74 Å². The maximum Gasteiger partial charge on any atom is 0.194 e. The highest BCUT2D eigenvalue weighted by molar-refractivity contribution is 6.28. The van der Waals surface area contributed by atoms with Crippen LogP contribution < -0.4 is 4.74 Å². The third-order valence-corrected chi connectivity index (χ3v) is 6.79. The number of hydrogen-bond donors (Lipinski definition) is 0. The molecule has 3 aromatic carbocycles. The highest BCUT2D eigenvalue weighted by Crippen LogP contribution is 2.30. The average molecular weight is 497 g/mol. The summed E-state index contributed by atoms with van der Waals surface area (Å²) in [5.74, 6) is 0.527. The third-order valence-electron chi connectivity index (χ3n) is 6.79. The summed E-state index contributed by atoms with van der Waals surface area (Å²) in [6.07, 6.45) is 13.1. The van der Waals surface area contributed by atoms with Gasteiger partial charge in [-0.25, -0.2) is 0 Å². The lowest BCUT2D eigenvalue weighted by Gasteiger charge is -2.17. The minimum atomic E-state index is -0.161. The number of azo groups is 1. The molecule has 0 bridgehead atoms. The number of unbranched alkanes of at least 4 members (excludes halogenated alkanes) is 9. The Morgan fingerprint density at radius 3 is 1.73 bits per heavy atom. The Labute approximate surface area is 220 Å². The van der Waals surface area contributed by atoms with Crippen LogP contribution in [-0.2, 0) is 0 Å². The van der Waals surface area contributed by atoms with Crippen molar-refractivity contribution >= 4 is 22.9 Å². The Hall–Kier alpha value is -3.60. The molecular formula is C32H36N2O3. The maximum absolute atomic E-state index is 12.9. The van der Waals surface area contributed by atoms with Crippen molar-refractivity contribution in [2.24, 2.45) is 10.2 Å². The zero-order valence-electron chi connectivity index (χ0n) is 21.7. The molecule has 0 amide bonds. The van der Waals surface area contributed by atoms with Gasteiger partial charge in [-0.15, -0.1) is 0 Å². The molecule has 3 aromatic rings. The standard InChI is InChI=1S/C32H36N2O3/c1-2-3-4-5-6-7-8-9-10-13-22-37-26-19-16-24(17-20-26)33-34-25-18-21-29-30(23-25)32(36)28-15-12-11-14-27(28)31(29)35/h11-12,14-21,23H,2-10,13,22H2,1H3. The summed E-state index contributed by atoms with van der Waals surface area (Å²) < 4.78 is 5.87. The van der Waals surface area contributed by atoms with Gasteiger partial charge >= 0.3 is 0 Å². The van der Waals surface area contributed by atoms with Gasteiger partial charge in [-0.3, -0.25) is 9.59 Å². The molecule has 37 heavy (non-hydrogen) atoms. The topological polar surface area (TPSA) is 68.1 Å². The third kappa shape index (κ3) is 7.22. The molecule has 0 aliphatic heterocycles. The van der Waals surface area contributed by atoms with Gasteiger partial charge in [0.1, 0.15) is 5.75 Å². The Balaban J connectivity index is 1.21. The Morgan fingerprint density at radius 2 is 1.08 bits per heavy atom. The van der Waals surface area contributed by atoms with E-state index >= 15 is 0 Å². The van der Waals surface area contributed by atoms with Gasteiger partial charge in [-0.2, -0.15) is 10.2 Å². The fraction of sp³-hybridized carbons (Fsp3) is 0.375. The van der Waals surface area contributed by atoms with Crippen molar-refractivity contribution < 1.29 is 14.3 Å². The smallest absolute Gasteiger partial charge is 0.194 e. The fourth-order valence-electron chi connectivity index (χ4n) is 4.65. The van der Waals surface area contributed by atoms with Crippen LogP contribution in [0.1, 0.15) is 103 Å². The van der Waals surface area contributed by atoms with Crippen molar-refractivity contribution in [3.05, 3.63) is 89.0 Å². The lowest BCUT2D eigenvalue weighted by molar-refractivity contribution is 0.0979. The van der Waals surface area contributed by atoms with Gasteiger partial charge in [-0.1, -0.05) is 89.0 Å². The molecule has 0 saturated heterocycles. The summed E-state index contributed by atoms with van der Waals surface area (Å²) >= 11 is 0. The second-order valence-corrected chi connectivity index (χ2v) is 9.66. The van der Waals surface area contributed by atoms with E-state index in [2.05, 4.69) is 17.2 Å². The summed E-state index contributed by atoms with van der Waals surface area (Å²) in [5.41, 5.74) is 2.88. The first kappa shape index (κ1) is 26.5. The quantitative estimate of drug-likeness (QED) is 0.129. The number of benzene rings is 3. The molecule has 0 spiro atoms. The maximum atomic E-state index is 12.9. The van der Waals surface area contributed by atoms with Gasteiger partial charge in [-0.05, 0) is 48.9 Å². The number of hydrogen-bond acceptors (Lipinski definition) is 5. The summed E-state index contributed by atoms with van der Waals surface area (Å²) in [6, 6.07) is 19.4. The Kier molecular flexibility index (Phi) is 9.75. The first-order valence-corrected chi connectivity index (χ1v) is 13.6. The minimum absolute atomic E-state index is 0.137. The van der Waals surface area contributed by atoms with Crippen LogP contribution in [0.2, 0.25) is 0 Å². The lowest BCUT2D eigenvalue weighted by Crippen LogP contribution is -2.20. The summed E-state index contributed by atoms with van der Waals surface area (Å²) in [4.78, 5) is 25.6. The molecular weight excluding hydrogens is 460 g/mol. The van der Waals surface area contributed by atoms with Gasteiger partial charge in [0.05, 0.1) is 18.0 Å². The van der Waals surface area contributed by atoms with Crippen molar-refractivity contribution in [2.45, 2.75) is 71.1 Å². The van der Waals surface area contributed by atoms with Crippen LogP contribution in [0.15, 0.2) is 77.0 Å². The number of rotatable bonds is 14. The number of ether oxygens (including phenoxy) is 1. The molecule has 5 nitrogen and oxygen atoms in total. The van der Waals surface area contributed by atoms with E-state index in [-0.39, 0.29) is 11.6 Å². The molecule has 4 rings (SSSR count). The van der Waals surface area contributed by atoms with Gasteiger partial charge in [0.2, 0.25) is 0 Å². The van der Waals surface area contributed by atoms with Crippen molar-refractivity contribution in [2.75, 3.05) is 6.61 Å². The Morgan fingerprint density at radius 1 is 0.568 bits per heavy atom. The molecule has 1 aliphatic rings. The zero-order valence-corrected chi connectivity index (χ0v) is 21.7. The number of nitrogens with zero attached hydrogens (tertiary/aromatic N) is 2. The van der Waals surface area contributed by atoms with Crippen molar-refractivity contribution in [3.63, 3.8) is 0 Å². The van der Waals surface area contributed by atoms with Crippen LogP contribution in [0, 0.1) is 0 Å². The van der Waals surface area contributed by atoms with Crippen LogP contribution in [0.5, 0.6) is 5.75 Å². The number of carbonyl (C=O) groups excluding carboxylic acids is 2. The normalized spacial score (nSPS) is 12.6. The Bertz CT molecular complexity index is 1230. The molecule has 0 unspecified atom stereocenters. The second kappa shape index (κ2) is 13.6. The largest absolute Gasteiger partial charge is 0.494 e. The van der Waals surface area contributed by atoms with Gasteiger partial charge in [0, 0.05) is 22.3 Å². The monoisotopic (exact) mass is 496 g/mol. The van der Waals surface area contributed by atoms with Crippen molar-refractivity contribution in [1.29, 1.82) is 0 Å². The predicted octanol–water partition coefficient (Wildman–Crippen LogP) is 9.18. The van der Waals surface area contributed by atoms with E-state index < -0.39 is 0 Å². The highest BCUT2D eigenvalue weighted by Gasteiger charge is 2.29. The fourth-order valence-corrected chi connectivity index (χ4v) is 4.65. The molecule has 0 radical (unpaired) electrons. The molecule has 0 saturated carbocycles. The van der Waals surface area contributed by atoms with Gasteiger partial charge < -0.3 is 4.74 Å². The summed E-state index contributed by atoms with van der Waals surface area (Å²) in [5, 5.41) is 8.57. The van der Waals surface area contributed by atoms with Crippen LogP contribution in [0.4, 0.5) is 11.4 Å². The molecule has 0 aromatic heterocycles. The van der Waals surface area contributed by atoms with Crippen molar-refractivity contribution in [1.82, 2.24) is 0 Å². The van der Waals surface area contributed by atoms with E-state index in [1.165, 1.54) is 57.8 Å². The molecule has 0 atom stereocenters. The molecule has 1 aliphatic carbocycles. The van der Waals surface area contributed by atoms with Crippen LogP contribution >= 0.6 is 0 Å². The molecule has 0 heterocycles. The van der Waals surface area contributed by atoms with Crippen molar-refractivity contribution in [3.8, 4) is 5.75 Å². The molecule has 0 fully saturated rings. The highest BCUT2D eigenvalue weighted by atomic mass is 16.5. The molecule has 5 heteroatoms. The van der Waals surface area contributed by atoms with Crippen LogP contribution in [0.3, 0.4) is 0 Å². The van der Waals surface area contributed by atoms with Crippen LogP contribution in [0.25, 0.3) is 0 Å². The zero-order chi connectivity index (χ0) is 25.9. The molecule has 0 N–H and O–H groups in total. The lowest BCUT2D eigenvalue weighted by atomic mass is 9.84.